The Bertz CT molecular complexity index is 1010. The summed E-state index contributed by atoms with van der Waals surface area (Å²) in [6, 6.07) is 7.60. The Morgan fingerprint density at radius 3 is 2.47 bits per heavy atom. The highest BCUT2D eigenvalue weighted by atomic mass is 16.5. The van der Waals surface area contributed by atoms with E-state index in [1.807, 2.05) is 43.3 Å². The minimum absolute atomic E-state index is 0.231. The molecule has 6 heteroatoms. The molecule has 0 saturated carbocycles. The first-order valence-corrected chi connectivity index (χ1v) is 9.37. The maximum Gasteiger partial charge on any atom is 0.278 e. The van der Waals surface area contributed by atoms with E-state index in [1.165, 1.54) is 10.9 Å². The molecule has 0 unspecified atom stereocenters. The standard InChI is InChI=1S/C24H26N4O2/c1-6-10-12-20(9-4)28-26-22(17-18-13-15-21(30-5)16-14-18)23(27-28)24(29)25-19(8-3)11-7-2/h6-16H,1-3,17H2,4-5H3,(H,25,29)/b12-10-,19-11+,20-9+. The summed E-state index contributed by atoms with van der Waals surface area (Å²) in [6.07, 6.45) is 12.3. The third-order valence-electron chi connectivity index (χ3n) is 4.13. The molecule has 6 nitrogen and oxygen atoms in total. The van der Waals surface area contributed by atoms with Crippen LogP contribution in [0.5, 0.6) is 5.75 Å². The monoisotopic (exact) mass is 402 g/mol. The fraction of sp³-hybridized carbons (Fsp3) is 0.125. The van der Waals surface area contributed by atoms with Crippen molar-refractivity contribution in [1.82, 2.24) is 20.3 Å². The number of allylic oxidation sites excluding steroid dienone is 8. The molecule has 2 rings (SSSR count). The average Bonchev–Trinajstić information content (AvgIpc) is 3.18. The molecule has 0 bridgehead atoms. The Balaban J connectivity index is 2.45. The van der Waals surface area contributed by atoms with E-state index in [9.17, 15) is 4.79 Å². The van der Waals surface area contributed by atoms with Gasteiger partial charge in [0.1, 0.15) is 11.4 Å². The number of hydrogen-bond acceptors (Lipinski definition) is 4. The summed E-state index contributed by atoms with van der Waals surface area (Å²) in [5.74, 6) is 0.386. The predicted octanol–water partition coefficient (Wildman–Crippen LogP) is 4.47. The molecule has 1 amide bonds. The van der Waals surface area contributed by atoms with Crippen molar-refractivity contribution in [1.29, 1.82) is 0 Å². The number of aromatic nitrogens is 3. The lowest BCUT2D eigenvalue weighted by atomic mass is 10.1. The summed E-state index contributed by atoms with van der Waals surface area (Å²) >= 11 is 0. The van der Waals surface area contributed by atoms with Gasteiger partial charge in [-0.1, -0.05) is 56.2 Å². The van der Waals surface area contributed by atoms with Gasteiger partial charge in [0.15, 0.2) is 5.69 Å². The van der Waals surface area contributed by atoms with Gasteiger partial charge in [-0.15, -0.1) is 5.10 Å². The molecule has 0 fully saturated rings. The number of carbonyl (C=O) groups is 1. The van der Waals surface area contributed by atoms with Crippen LogP contribution in [0.25, 0.3) is 5.70 Å². The summed E-state index contributed by atoms with van der Waals surface area (Å²) in [7, 11) is 1.62. The molecule has 1 heterocycles. The number of carbonyl (C=O) groups excluding carboxylic acids is 1. The maximum atomic E-state index is 12.9. The predicted molar refractivity (Wildman–Crippen MR) is 121 cm³/mol. The first-order valence-electron chi connectivity index (χ1n) is 9.37. The van der Waals surface area contributed by atoms with Crippen LogP contribution < -0.4 is 10.1 Å². The van der Waals surface area contributed by atoms with Crippen LogP contribution in [0.3, 0.4) is 0 Å². The minimum Gasteiger partial charge on any atom is -0.497 e. The first-order chi connectivity index (χ1) is 14.6. The Morgan fingerprint density at radius 1 is 1.17 bits per heavy atom. The van der Waals surface area contributed by atoms with E-state index in [2.05, 4.69) is 35.3 Å². The van der Waals surface area contributed by atoms with Crippen molar-refractivity contribution in [3.05, 3.63) is 109 Å². The normalized spacial score (nSPS) is 11.9. The van der Waals surface area contributed by atoms with Crippen molar-refractivity contribution < 1.29 is 9.53 Å². The van der Waals surface area contributed by atoms with Gasteiger partial charge >= 0.3 is 0 Å². The molecular weight excluding hydrogens is 376 g/mol. The molecule has 0 saturated heterocycles. The fourth-order valence-electron chi connectivity index (χ4n) is 2.61. The van der Waals surface area contributed by atoms with E-state index >= 15 is 0 Å². The number of rotatable bonds is 10. The highest BCUT2D eigenvalue weighted by molar-refractivity contribution is 5.94. The van der Waals surface area contributed by atoms with E-state index in [1.54, 1.807) is 31.4 Å². The van der Waals surface area contributed by atoms with Crippen LogP contribution in [0.4, 0.5) is 0 Å². The fourth-order valence-corrected chi connectivity index (χ4v) is 2.61. The van der Waals surface area contributed by atoms with Crippen molar-refractivity contribution in [2.75, 3.05) is 7.11 Å². The summed E-state index contributed by atoms with van der Waals surface area (Å²) in [4.78, 5) is 14.4. The second kappa shape index (κ2) is 11.2. The average molecular weight is 402 g/mol. The topological polar surface area (TPSA) is 69.0 Å². The molecule has 2 aromatic rings. The third kappa shape index (κ3) is 5.78. The van der Waals surface area contributed by atoms with Gasteiger partial charge in [0.2, 0.25) is 0 Å². The van der Waals surface area contributed by atoms with Gasteiger partial charge in [-0.3, -0.25) is 4.79 Å². The zero-order valence-electron chi connectivity index (χ0n) is 17.3. The molecule has 0 aliphatic carbocycles. The van der Waals surface area contributed by atoms with Crippen molar-refractivity contribution in [2.24, 2.45) is 0 Å². The summed E-state index contributed by atoms with van der Waals surface area (Å²) in [5, 5.41) is 11.8. The molecule has 0 spiro atoms. The van der Waals surface area contributed by atoms with E-state index in [4.69, 9.17) is 4.74 Å². The molecule has 1 N–H and O–H groups in total. The van der Waals surface area contributed by atoms with Gasteiger partial charge < -0.3 is 10.1 Å². The quantitative estimate of drug-likeness (QED) is 0.596. The largest absolute Gasteiger partial charge is 0.497 e. The SMILES string of the molecule is C=C/C=C\C(=C/C)n1nc(Cc2ccc(OC)cc2)c(C(=O)N/C(C=C)=C/C=C)n1. The Labute approximate surface area is 177 Å². The van der Waals surface area contributed by atoms with Gasteiger partial charge in [0.05, 0.1) is 12.8 Å². The van der Waals surface area contributed by atoms with Gasteiger partial charge in [-0.25, -0.2) is 0 Å². The molecular formula is C24H26N4O2. The highest BCUT2D eigenvalue weighted by Crippen LogP contribution is 2.17. The number of hydrogen-bond donors (Lipinski definition) is 1. The summed E-state index contributed by atoms with van der Waals surface area (Å²) in [6.45, 7) is 12.9. The number of methoxy groups -OCH3 is 1. The number of nitrogens with one attached hydrogen (secondary N) is 1. The Morgan fingerprint density at radius 2 is 1.90 bits per heavy atom. The lowest BCUT2D eigenvalue weighted by Gasteiger charge is -2.05. The van der Waals surface area contributed by atoms with Crippen LogP contribution in [0, 0.1) is 0 Å². The first kappa shape index (κ1) is 22.4. The second-order valence-corrected chi connectivity index (χ2v) is 6.13. The molecule has 0 atom stereocenters. The molecule has 30 heavy (non-hydrogen) atoms. The van der Waals surface area contributed by atoms with Crippen LogP contribution in [0.2, 0.25) is 0 Å². The van der Waals surface area contributed by atoms with Gasteiger partial charge in [-0.2, -0.15) is 9.90 Å². The van der Waals surface area contributed by atoms with Crippen molar-refractivity contribution in [3.8, 4) is 5.75 Å². The van der Waals surface area contributed by atoms with Crippen LogP contribution in [0.1, 0.15) is 28.7 Å². The maximum absolute atomic E-state index is 12.9. The number of nitrogens with zero attached hydrogens (tertiary/aromatic N) is 3. The third-order valence-corrected chi connectivity index (χ3v) is 4.13. The van der Waals surface area contributed by atoms with Gasteiger partial charge in [0.25, 0.3) is 5.91 Å². The number of benzene rings is 1. The van der Waals surface area contributed by atoms with Crippen LogP contribution in [0.15, 0.2) is 92.2 Å². The van der Waals surface area contributed by atoms with Crippen LogP contribution >= 0.6 is 0 Å². The molecule has 1 aromatic heterocycles. The molecule has 0 aliphatic rings. The van der Waals surface area contributed by atoms with E-state index in [-0.39, 0.29) is 11.6 Å². The van der Waals surface area contributed by atoms with Crippen molar-refractivity contribution in [2.45, 2.75) is 13.3 Å². The van der Waals surface area contributed by atoms with Gasteiger partial charge in [0, 0.05) is 12.1 Å². The molecule has 154 valence electrons. The molecule has 0 radical (unpaired) electrons. The van der Waals surface area contributed by atoms with E-state index in [0.29, 0.717) is 17.8 Å². The zero-order chi connectivity index (χ0) is 21.9. The lowest BCUT2D eigenvalue weighted by Crippen LogP contribution is -2.23. The second-order valence-electron chi connectivity index (χ2n) is 6.13. The summed E-state index contributed by atoms with van der Waals surface area (Å²) in [5.41, 5.74) is 3.00. The number of amides is 1. The van der Waals surface area contributed by atoms with E-state index < -0.39 is 0 Å². The van der Waals surface area contributed by atoms with Crippen LogP contribution in [-0.4, -0.2) is 28.0 Å². The molecule has 1 aromatic carbocycles. The Kier molecular flexibility index (Phi) is 8.32. The lowest BCUT2D eigenvalue weighted by molar-refractivity contribution is 0.0961. The number of ether oxygens (including phenoxy) is 1. The smallest absolute Gasteiger partial charge is 0.278 e. The molecule has 0 aliphatic heterocycles. The minimum atomic E-state index is -0.374. The Hall–Kier alpha value is -3.93. The van der Waals surface area contributed by atoms with Crippen molar-refractivity contribution >= 4 is 11.6 Å². The van der Waals surface area contributed by atoms with Crippen LogP contribution in [-0.2, 0) is 6.42 Å². The van der Waals surface area contributed by atoms with Gasteiger partial charge in [-0.05, 0) is 42.8 Å². The van der Waals surface area contributed by atoms with Crippen molar-refractivity contribution in [3.63, 3.8) is 0 Å². The summed E-state index contributed by atoms with van der Waals surface area (Å²) < 4.78 is 5.21. The van der Waals surface area contributed by atoms with E-state index in [0.717, 1.165) is 17.0 Å². The highest BCUT2D eigenvalue weighted by Gasteiger charge is 2.20. The zero-order valence-corrected chi connectivity index (χ0v) is 17.3.